The summed E-state index contributed by atoms with van der Waals surface area (Å²) in [5.41, 5.74) is 8.11. The number of nitrogens with one attached hydrogen (secondary N) is 3. The lowest BCUT2D eigenvalue weighted by atomic mass is 10.1. The second kappa shape index (κ2) is 10.7. The average Bonchev–Trinajstić information content (AvgIpc) is 2.62. The molecule has 0 spiro atoms. The number of carbonyl (C=O) groups excluding carboxylic acids is 3. The van der Waals surface area contributed by atoms with Crippen molar-refractivity contribution < 1.29 is 14.4 Å². The lowest BCUT2D eigenvalue weighted by molar-refractivity contribution is -0.116. The molecule has 3 amide bonds. The molecule has 2 rings (SSSR count). The zero-order chi connectivity index (χ0) is 20.4. The van der Waals surface area contributed by atoms with E-state index >= 15 is 0 Å². The fraction of sp³-hybridized carbons (Fsp3) is 0.286. The van der Waals surface area contributed by atoms with Crippen molar-refractivity contribution in [2.24, 2.45) is 0 Å². The van der Waals surface area contributed by atoms with Crippen LogP contribution in [0.5, 0.6) is 0 Å². The fourth-order valence-electron chi connectivity index (χ4n) is 2.69. The number of benzene rings is 2. The van der Waals surface area contributed by atoms with Crippen molar-refractivity contribution in [3.05, 3.63) is 48.5 Å². The predicted molar refractivity (Wildman–Crippen MR) is 112 cm³/mol. The molecule has 0 radical (unpaired) electrons. The third-order valence-electron chi connectivity index (χ3n) is 3.99. The van der Waals surface area contributed by atoms with Gasteiger partial charge in [-0.05, 0) is 43.2 Å². The van der Waals surface area contributed by atoms with Crippen molar-refractivity contribution in [1.82, 2.24) is 0 Å². The molecule has 0 aliphatic rings. The Balaban J connectivity index is 1.66. The van der Waals surface area contributed by atoms with Crippen molar-refractivity contribution in [1.29, 1.82) is 0 Å². The minimum absolute atomic E-state index is 0.0701. The number of rotatable bonds is 9. The molecule has 28 heavy (non-hydrogen) atoms. The average molecular weight is 382 g/mol. The molecular formula is C21H26N4O3. The first-order valence-electron chi connectivity index (χ1n) is 9.26. The Morgan fingerprint density at radius 1 is 0.786 bits per heavy atom. The van der Waals surface area contributed by atoms with Gasteiger partial charge in [0.05, 0.1) is 11.4 Å². The SMILES string of the molecule is CC(=O)Nc1ccccc1NC(=O)CCCCCC(=O)Nc1cccc(N)c1. The maximum Gasteiger partial charge on any atom is 0.224 e. The zero-order valence-corrected chi connectivity index (χ0v) is 16.0. The molecule has 148 valence electrons. The van der Waals surface area contributed by atoms with Gasteiger partial charge in [0.2, 0.25) is 17.7 Å². The van der Waals surface area contributed by atoms with Crippen LogP contribution in [0.2, 0.25) is 0 Å². The van der Waals surface area contributed by atoms with Gasteiger partial charge in [0.25, 0.3) is 0 Å². The third kappa shape index (κ3) is 7.49. The number of unbranched alkanes of at least 4 members (excludes halogenated alkanes) is 2. The number of hydrogen-bond donors (Lipinski definition) is 4. The van der Waals surface area contributed by atoms with Gasteiger partial charge in [-0.2, -0.15) is 0 Å². The van der Waals surface area contributed by atoms with Gasteiger partial charge in [-0.25, -0.2) is 0 Å². The van der Waals surface area contributed by atoms with Gasteiger partial charge in [-0.3, -0.25) is 14.4 Å². The molecule has 2 aromatic carbocycles. The van der Waals surface area contributed by atoms with Crippen molar-refractivity contribution in [2.75, 3.05) is 21.7 Å². The lowest BCUT2D eigenvalue weighted by Gasteiger charge is -2.11. The zero-order valence-electron chi connectivity index (χ0n) is 16.0. The summed E-state index contributed by atoms with van der Waals surface area (Å²) in [5, 5.41) is 8.30. The maximum absolute atomic E-state index is 12.1. The first-order chi connectivity index (χ1) is 13.4. The monoisotopic (exact) mass is 382 g/mol. The smallest absolute Gasteiger partial charge is 0.224 e. The lowest BCUT2D eigenvalue weighted by Crippen LogP contribution is -2.15. The minimum atomic E-state index is -0.196. The number of carbonyl (C=O) groups is 3. The van der Waals surface area contributed by atoms with Crippen LogP contribution in [0.4, 0.5) is 22.7 Å². The highest BCUT2D eigenvalue weighted by atomic mass is 16.2. The molecule has 2 aromatic rings. The van der Waals surface area contributed by atoms with Gasteiger partial charge in [-0.1, -0.05) is 24.6 Å². The van der Waals surface area contributed by atoms with Gasteiger partial charge in [-0.15, -0.1) is 0 Å². The first-order valence-corrected chi connectivity index (χ1v) is 9.26. The highest BCUT2D eigenvalue weighted by Crippen LogP contribution is 2.21. The van der Waals surface area contributed by atoms with Crippen LogP contribution < -0.4 is 21.7 Å². The van der Waals surface area contributed by atoms with Gasteiger partial charge in [0, 0.05) is 31.1 Å². The van der Waals surface area contributed by atoms with E-state index in [1.54, 1.807) is 48.5 Å². The molecule has 0 aromatic heterocycles. The fourth-order valence-corrected chi connectivity index (χ4v) is 2.69. The van der Waals surface area contributed by atoms with Gasteiger partial charge >= 0.3 is 0 Å². The molecule has 0 saturated carbocycles. The quantitative estimate of drug-likeness (QED) is 0.391. The van der Waals surface area contributed by atoms with E-state index in [-0.39, 0.29) is 17.7 Å². The van der Waals surface area contributed by atoms with Crippen LogP contribution in [-0.2, 0) is 14.4 Å². The number of amides is 3. The summed E-state index contributed by atoms with van der Waals surface area (Å²) >= 11 is 0. The Morgan fingerprint density at radius 3 is 2.00 bits per heavy atom. The van der Waals surface area contributed by atoms with Crippen molar-refractivity contribution in [3.8, 4) is 0 Å². The summed E-state index contributed by atoms with van der Waals surface area (Å²) in [4.78, 5) is 35.2. The summed E-state index contributed by atoms with van der Waals surface area (Å²) in [7, 11) is 0. The maximum atomic E-state index is 12.1. The molecule has 5 N–H and O–H groups in total. The molecule has 0 atom stereocenters. The van der Waals surface area contributed by atoms with E-state index in [4.69, 9.17) is 5.73 Å². The van der Waals surface area contributed by atoms with Gasteiger partial charge in [0.15, 0.2) is 0 Å². The molecule has 0 bridgehead atoms. The molecule has 0 fully saturated rings. The Hall–Kier alpha value is -3.35. The Morgan fingerprint density at radius 2 is 1.39 bits per heavy atom. The van der Waals surface area contributed by atoms with Crippen LogP contribution in [0, 0.1) is 0 Å². The molecule has 0 saturated heterocycles. The molecule has 0 unspecified atom stereocenters. The van der Waals surface area contributed by atoms with Crippen LogP contribution in [-0.4, -0.2) is 17.7 Å². The molecule has 7 heteroatoms. The molecular weight excluding hydrogens is 356 g/mol. The van der Waals surface area contributed by atoms with Crippen LogP contribution in [0.1, 0.15) is 39.0 Å². The highest BCUT2D eigenvalue weighted by molar-refractivity contribution is 5.98. The molecule has 0 aliphatic heterocycles. The summed E-state index contributed by atoms with van der Waals surface area (Å²) in [6.07, 6.45) is 2.89. The number of nitrogens with two attached hydrogens (primary N) is 1. The molecule has 0 aliphatic carbocycles. The number of nitrogen functional groups attached to an aromatic ring is 1. The predicted octanol–water partition coefficient (Wildman–Crippen LogP) is 3.75. The second-order valence-electron chi connectivity index (χ2n) is 6.51. The van der Waals surface area contributed by atoms with E-state index < -0.39 is 0 Å². The minimum Gasteiger partial charge on any atom is -0.399 e. The topological polar surface area (TPSA) is 113 Å². The third-order valence-corrected chi connectivity index (χ3v) is 3.99. The van der Waals surface area contributed by atoms with E-state index in [1.807, 2.05) is 0 Å². The summed E-state index contributed by atoms with van der Waals surface area (Å²) in [6.45, 7) is 1.42. The van der Waals surface area contributed by atoms with E-state index in [1.165, 1.54) is 6.92 Å². The van der Waals surface area contributed by atoms with Crippen molar-refractivity contribution in [2.45, 2.75) is 39.0 Å². The van der Waals surface area contributed by atoms with Crippen LogP contribution in [0.25, 0.3) is 0 Å². The van der Waals surface area contributed by atoms with Crippen LogP contribution in [0.15, 0.2) is 48.5 Å². The normalized spacial score (nSPS) is 10.2. The van der Waals surface area contributed by atoms with Crippen LogP contribution in [0.3, 0.4) is 0 Å². The van der Waals surface area contributed by atoms with E-state index in [9.17, 15) is 14.4 Å². The largest absolute Gasteiger partial charge is 0.399 e. The Labute approximate surface area is 164 Å². The molecule has 0 heterocycles. The van der Waals surface area contributed by atoms with Gasteiger partial charge < -0.3 is 21.7 Å². The summed E-state index contributed by atoms with van der Waals surface area (Å²) < 4.78 is 0. The van der Waals surface area contributed by atoms with Crippen molar-refractivity contribution >= 4 is 40.5 Å². The van der Waals surface area contributed by atoms with Crippen molar-refractivity contribution in [3.63, 3.8) is 0 Å². The number of para-hydroxylation sites is 2. The number of hydrogen-bond acceptors (Lipinski definition) is 4. The standard InChI is InChI=1S/C21H26N4O3/c1-15(26)23-18-10-5-6-11-19(18)25-21(28)13-4-2-3-12-20(27)24-17-9-7-8-16(22)14-17/h5-11,14H,2-4,12-13,22H2,1H3,(H,23,26)(H,24,27)(H,25,28). The van der Waals surface area contributed by atoms with Gasteiger partial charge in [0.1, 0.15) is 0 Å². The van der Waals surface area contributed by atoms with E-state index in [0.717, 1.165) is 6.42 Å². The first kappa shape index (κ1) is 21.0. The summed E-state index contributed by atoms with van der Waals surface area (Å²) in [5.74, 6) is -0.389. The molecule has 7 nitrogen and oxygen atoms in total. The van der Waals surface area contributed by atoms with E-state index in [2.05, 4.69) is 16.0 Å². The Kier molecular flexibility index (Phi) is 8.02. The second-order valence-corrected chi connectivity index (χ2v) is 6.51. The van der Waals surface area contributed by atoms with E-state index in [0.29, 0.717) is 48.4 Å². The summed E-state index contributed by atoms with van der Waals surface area (Å²) in [6, 6.07) is 14.1. The Bertz CT molecular complexity index is 836. The number of anilines is 4. The highest BCUT2D eigenvalue weighted by Gasteiger charge is 2.08. The van der Waals surface area contributed by atoms with Crippen LogP contribution >= 0.6 is 0 Å².